The first kappa shape index (κ1) is 14.8. The number of hydrogen-bond donors (Lipinski definition) is 2. The van der Waals surface area contributed by atoms with Crippen LogP contribution in [0.3, 0.4) is 0 Å². The van der Waals surface area contributed by atoms with Crippen molar-refractivity contribution < 1.29 is 9.53 Å². The van der Waals surface area contributed by atoms with Crippen LogP contribution in [0.25, 0.3) is 0 Å². The van der Waals surface area contributed by atoms with Crippen molar-refractivity contribution in [1.82, 2.24) is 10.6 Å². The van der Waals surface area contributed by atoms with Gasteiger partial charge in [-0.1, -0.05) is 13.8 Å². The molecule has 0 aromatic heterocycles. The lowest BCUT2D eigenvalue weighted by Crippen LogP contribution is -2.47. The number of amides is 1. The van der Waals surface area contributed by atoms with Crippen LogP contribution in [-0.4, -0.2) is 38.3 Å². The van der Waals surface area contributed by atoms with Crippen molar-refractivity contribution in [2.24, 2.45) is 11.3 Å². The quantitative estimate of drug-likeness (QED) is 0.798. The maximum Gasteiger partial charge on any atom is 0.225 e. The van der Waals surface area contributed by atoms with Crippen LogP contribution in [0.2, 0.25) is 0 Å². The molecule has 0 aliphatic carbocycles. The minimum Gasteiger partial charge on any atom is -0.378 e. The Morgan fingerprint density at radius 2 is 2.21 bits per heavy atom. The molecule has 2 unspecified atom stereocenters. The third-order valence-electron chi connectivity index (χ3n) is 4.68. The molecule has 0 spiro atoms. The first-order chi connectivity index (χ1) is 9.10. The Bertz CT molecular complexity index is 293. The average molecular weight is 268 g/mol. The highest BCUT2D eigenvalue weighted by molar-refractivity contribution is 5.82. The van der Waals surface area contributed by atoms with Gasteiger partial charge in [0.05, 0.1) is 6.10 Å². The molecular formula is C15H28N2O2. The summed E-state index contributed by atoms with van der Waals surface area (Å²) >= 11 is 0. The minimum atomic E-state index is -0.274. The Kier molecular flexibility index (Phi) is 5.22. The van der Waals surface area contributed by atoms with Crippen molar-refractivity contribution in [1.29, 1.82) is 0 Å². The Labute approximate surface area is 116 Å². The molecule has 110 valence electrons. The number of hydrogen-bond acceptors (Lipinski definition) is 3. The van der Waals surface area contributed by atoms with E-state index >= 15 is 0 Å². The highest BCUT2D eigenvalue weighted by atomic mass is 16.5. The van der Waals surface area contributed by atoms with Gasteiger partial charge in [-0.15, -0.1) is 0 Å². The summed E-state index contributed by atoms with van der Waals surface area (Å²) in [6, 6.07) is 0. The van der Waals surface area contributed by atoms with Crippen LogP contribution in [-0.2, 0) is 9.53 Å². The standard InChI is InChI=1S/C15H28N2O2/c1-15(2,12-5-3-8-16-11-12)14(18)17-9-7-13-6-4-10-19-13/h12-13,16H,3-11H2,1-2H3,(H,17,18). The van der Waals surface area contributed by atoms with Gasteiger partial charge in [0.2, 0.25) is 5.91 Å². The van der Waals surface area contributed by atoms with E-state index in [4.69, 9.17) is 4.74 Å². The lowest BCUT2D eigenvalue weighted by atomic mass is 9.74. The summed E-state index contributed by atoms with van der Waals surface area (Å²) in [5.74, 6) is 0.642. The Morgan fingerprint density at radius 1 is 1.37 bits per heavy atom. The molecule has 0 aromatic rings. The van der Waals surface area contributed by atoms with E-state index in [-0.39, 0.29) is 11.3 Å². The fourth-order valence-electron chi connectivity index (χ4n) is 3.10. The molecule has 2 saturated heterocycles. The van der Waals surface area contributed by atoms with E-state index in [1.807, 2.05) is 0 Å². The zero-order valence-electron chi connectivity index (χ0n) is 12.3. The van der Waals surface area contributed by atoms with Gasteiger partial charge in [-0.05, 0) is 51.1 Å². The summed E-state index contributed by atoms with van der Waals surface area (Å²) in [4.78, 5) is 12.4. The summed E-state index contributed by atoms with van der Waals surface area (Å²) < 4.78 is 5.58. The van der Waals surface area contributed by atoms with Crippen LogP contribution in [0.15, 0.2) is 0 Å². The van der Waals surface area contributed by atoms with Crippen LogP contribution in [0, 0.1) is 11.3 Å². The monoisotopic (exact) mass is 268 g/mol. The summed E-state index contributed by atoms with van der Waals surface area (Å²) in [6.07, 6.45) is 5.95. The summed E-state index contributed by atoms with van der Waals surface area (Å²) in [7, 11) is 0. The number of carbonyl (C=O) groups excluding carboxylic acids is 1. The summed E-state index contributed by atoms with van der Waals surface area (Å²) in [6.45, 7) is 7.84. The van der Waals surface area contributed by atoms with Crippen molar-refractivity contribution in [3.8, 4) is 0 Å². The zero-order valence-corrected chi connectivity index (χ0v) is 12.3. The molecule has 4 heteroatoms. The maximum absolute atomic E-state index is 12.4. The molecule has 1 amide bonds. The molecule has 2 aliphatic heterocycles. The second-order valence-corrected chi connectivity index (χ2v) is 6.44. The molecule has 2 heterocycles. The zero-order chi connectivity index (χ0) is 13.7. The highest BCUT2D eigenvalue weighted by Crippen LogP contribution is 2.31. The van der Waals surface area contributed by atoms with Gasteiger partial charge in [-0.3, -0.25) is 4.79 Å². The van der Waals surface area contributed by atoms with Crippen LogP contribution in [0.1, 0.15) is 46.0 Å². The highest BCUT2D eigenvalue weighted by Gasteiger charge is 2.37. The second kappa shape index (κ2) is 6.71. The molecule has 2 N–H and O–H groups in total. The van der Waals surface area contributed by atoms with Crippen molar-refractivity contribution in [3.63, 3.8) is 0 Å². The second-order valence-electron chi connectivity index (χ2n) is 6.44. The molecular weight excluding hydrogens is 240 g/mol. The summed E-state index contributed by atoms with van der Waals surface area (Å²) in [5.41, 5.74) is -0.274. The number of piperidine rings is 1. The third kappa shape index (κ3) is 3.93. The minimum absolute atomic E-state index is 0.194. The van der Waals surface area contributed by atoms with Gasteiger partial charge in [0.25, 0.3) is 0 Å². The van der Waals surface area contributed by atoms with Crippen molar-refractivity contribution in [3.05, 3.63) is 0 Å². The fraction of sp³-hybridized carbons (Fsp3) is 0.933. The van der Waals surface area contributed by atoms with Crippen molar-refractivity contribution in [2.45, 2.75) is 52.1 Å². The number of rotatable bonds is 5. The van der Waals surface area contributed by atoms with Gasteiger partial charge in [0.1, 0.15) is 0 Å². The van der Waals surface area contributed by atoms with Crippen LogP contribution < -0.4 is 10.6 Å². The van der Waals surface area contributed by atoms with E-state index < -0.39 is 0 Å². The van der Waals surface area contributed by atoms with Crippen molar-refractivity contribution >= 4 is 5.91 Å². The van der Waals surface area contributed by atoms with E-state index in [9.17, 15) is 4.79 Å². The Morgan fingerprint density at radius 3 is 2.84 bits per heavy atom. The van der Waals surface area contributed by atoms with E-state index in [1.165, 1.54) is 6.42 Å². The molecule has 0 aromatic carbocycles. The predicted octanol–water partition coefficient (Wildman–Crippen LogP) is 1.70. The topological polar surface area (TPSA) is 50.4 Å². The van der Waals surface area contributed by atoms with Crippen LogP contribution in [0.5, 0.6) is 0 Å². The number of carbonyl (C=O) groups is 1. The fourth-order valence-corrected chi connectivity index (χ4v) is 3.10. The lowest BCUT2D eigenvalue weighted by Gasteiger charge is -2.36. The molecule has 2 fully saturated rings. The maximum atomic E-state index is 12.4. The molecule has 2 rings (SSSR count). The van der Waals surface area contributed by atoms with Gasteiger partial charge in [-0.2, -0.15) is 0 Å². The Hall–Kier alpha value is -0.610. The van der Waals surface area contributed by atoms with E-state index in [2.05, 4.69) is 24.5 Å². The smallest absolute Gasteiger partial charge is 0.225 e. The SMILES string of the molecule is CC(C)(C(=O)NCCC1CCCO1)C1CCCNC1. The first-order valence-electron chi connectivity index (χ1n) is 7.71. The van der Waals surface area contributed by atoms with Gasteiger partial charge in [0, 0.05) is 18.6 Å². The molecule has 2 atom stereocenters. The molecule has 0 bridgehead atoms. The van der Waals surface area contributed by atoms with Gasteiger partial charge < -0.3 is 15.4 Å². The van der Waals surface area contributed by atoms with Gasteiger partial charge in [-0.25, -0.2) is 0 Å². The average Bonchev–Trinajstić information content (AvgIpc) is 2.93. The first-order valence-corrected chi connectivity index (χ1v) is 7.71. The van der Waals surface area contributed by atoms with E-state index in [0.29, 0.717) is 12.0 Å². The van der Waals surface area contributed by atoms with Crippen LogP contribution in [0.4, 0.5) is 0 Å². The molecule has 0 saturated carbocycles. The van der Waals surface area contributed by atoms with Crippen molar-refractivity contribution in [2.75, 3.05) is 26.2 Å². The predicted molar refractivity (Wildman–Crippen MR) is 76.0 cm³/mol. The van der Waals surface area contributed by atoms with Gasteiger partial charge >= 0.3 is 0 Å². The van der Waals surface area contributed by atoms with E-state index in [0.717, 1.165) is 51.9 Å². The molecule has 4 nitrogen and oxygen atoms in total. The summed E-state index contributed by atoms with van der Waals surface area (Å²) in [5, 5.41) is 6.50. The molecule has 0 radical (unpaired) electrons. The van der Waals surface area contributed by atoms with E-state index in [1.54, 1.807) is 0 Å². The largest absolute Gasteiger partial charge is 0.378 e. The van der Waals surface area contributed by atoms with Crippen LogP contribution >= 0.6 is 0 Å². The van der Waals surface area contributed by atoms with Gasteiger partial charge in [0.15, 0.2) is 0 Å². The Balaban J connectivity index is 1.73. The number of nitrogens with one attached hydrogen (secondary N) is 2. The lowest BCUT2D eigenvalue weighted by molar-refractivity contribution is -0.132. The number of ether oxygens (including phenoxy) is 1. The normalized spacial score (nSPS) is 28.3. The molecule has 2 aliphatic rings. The third-order valence-corrected chi connectivity index (χ3v) is 4.68. The molecule has 19 heavy (non-hydrogen) atoms.